The molecule has 2 rings (SSSR count). The first kappa shape index (κ1) is 14.6. The van der Waals surface area contributed by atoms with Gasteiger partial charge in [-0.2, -0.15) is 0 Å². The molecule has 5 nitrogen and oxygen atoms in total. The van der Waals surface area contributed by atoms with Gasteiger partial charge >= 0.3 is 0 Å². The lowest BCUT2D eigenvalue weighted by Crippen LogP contribution is -2.10. The first-order valence-corrected chi connectivity index (χ1v) is 8.12. The summed E-state index contributed by atoms with van der Waals surface area (Å²) in [5.41, 5.74) is 2.05. The van der Waals surface area contributed by atoms with Crippen LogP contribution in [-0.2, 0) is 16.6 Å². The van der Waals surface area contributed by atoms with Crippen LogP contribution >= 0.6 is 11.6 Å². The monoisotopic (exact) mass is 311 g/mol. The van der Waals surface area contributed by atoms with Crippen molar-refractivity contribution in [2.75, 3.05) is 16.3 Å². The molecule has 0 amide bonds. The zero-order valence-electron chi connectivity index (χ0n) is 10.8. The molecule has 1 aromatic carbocycles. The van der Waals surface area contributed by atoms with Crippen molar-refractivity contribution in [3.8, 4) is 0 Å². The standard InChI is InChI=1S/C13H14ClN3O2S/c1-20(18,19)17-13-6-5-10(8-12(13)14)16-9-11-4-2-3-7-15-11/h2-8,16-17H,9H2,1H3. The normalized spacial score (nSPS) is 11.1. The maximum Gasteiger partial charge on any atom is 0.229 e. The molecule has 0 spiro atoms. The molecule has 0 bridgehead atoms. The van der Waals surface area contributed by atoms with Crippen molar-refractivity contribution < 1.29 is 8.42 Å². The second-order valence-corrected chi connectivity index (χ2v) is 6.40. The van der Waals surface area contributed by atoms with Crippen LogP contribution in [-0.4, -0.2) is 19.7 Å². The van der Waals surface area contributed by atoms with Gasteiger partial charge in [0.25, 0.3) is 0 Å². The predicted octanol–water partition coefficient (Wildman–Crippen LogP) is 2.72. The fraction of sp³-hybridized carbons (Fsp3) is 0.154. The van der Waals surface area contributed by atoms with E-state index >= 15 is 0 Å². The molecule has 7 heteroatoms. The van der Waals surface area contributed by atoms with E-state index < -0.39 is 10.0 Å². The number of anilines is 2. The summed E-state index contributed by atoms with van der Waals surface area (Å²) >= 11 is 6.03. The first-order chi connectivity index (χ1) is 9.44. The lowest BCUT2D eigenvalue weighted by Gasteiger charge is -2.10. The zero-order valence-corrected chi connectivity index (χ0v) is 12.4. The van der Waals surface area contributed by atoms with Crippen molar-refractivity contribution in [1.82, 2.24) is 4.98 Å². The van der Waals surface area contributed by atoms with Crippen molar-refractivity contribution in [1.29, 1.82) is 0 Å². The molecule has 0 atom stereocenters. The minimum atomic E-state index is -3.33. The molecular formula is C13H14ClN3O2S. The smallest absolute Gasteiger partial charge is 0.229 e. The van der Waals surface area contributed by atoms with Crippen LogP contribution < -0.4 is 10.0 Å². The van der Waals surface area contributed by atoms with Gasteiger partial charge in [0.05, 0.1) is 29.2 Å². The second kappa shape index (κ2) is 6.11. The van der Waals surface area contributed by atoms with Gasteiger partial charge in [-0.3, -0.25) is 9.71 Å². The van der Waals surface area contributed by atoms with E-state index in [1.807, 2.05) is 18.2 Å². The van der Waals surface area contributed by atoms with Gasteiger partial charge in [0.1, 0.15) is 0 Å². The summed E-state index contributed by atoms with van der Waals surface area (Å²) in [5, 5.41) is 3.50. The van der Waals surface area contributed by atoms with E-state index in [1.165, 1.54) is 0 Å². The Bertz CT molecular complexity index is 690. The number of hydrogen-bond acceptors (Lipinski definition) is 4. The third kappa shape index (κ3) is 4.40. The van der Waals surface area contributed by atoms with E-state index in [0.717, 1.165) is 17.6 Å². The highest BCUT2D eigenvalue weighted by molar-refractivity contribution is 7.92. The molecule has 0 aliphatic rings. The summed E-state index contributed by atoms with van der Waals surface area (Å²) in [6.45, 7) is 0.565. The Morgan fingerprint density at radius 2 is 2.05 bits per heavy atom. The molecule has 2 N–H and O–H groups in total. The van der Waals surface area contributed by atoms with Gasteiger partial charge in [0.2, 0.25) is 10.0 Å². The van der Waals surface area contributed by atoms with E-state index in [-0.39, 0.29) is 0 Å². The quantitative estimate of drug-likeness (QED) is 0.890. The highest BCUT2D eigenvalue weighted by Gasteiger charge is 2.07. The van der Waals surface area contributed by atoms with Gasteiger partial charge in [-0.15, -0.1) is 0 Å². The molecule has 1 aromatic heterocycles. The Balaban J connectivity index is 2.06. The molecule has 2 aromatic rings. The van der Waals surface area contributed by atoms with Crippen LogP contribution in [0.5, 0.6) is 0 Å². The van der Waals surface area contributed by atoms with Gasteiger partial charge in [-0.05, 0) is 30.3 Å². The number of rotatable bonds is 5. The Morgan fingerprint density at radius 3 is 2.65 bits per heavy atom. The van der Waals surface area contributed by atoms with E-state index in [9.17, 15) is 8.42 Å². The lowest BCUT2D eigenvalue weighted by atomic mass is 10.2. The summed E-state index contributed by atoms with van der Waals surface area (Å²) in [6, 6.07) is 10.7. The summed E-state index contributed by atoms with van der Waals surface area (Å²) < 4.78 is 24.7. The fourth-order valence-corrected chi connectivity index (χ4v) is 2.46. The number of hydrogen-bond donors (Lipinski definition) is 2. The van der Waals surface area contributed by atoms with Gasteiger partial charge in [-0.25, -0.2) is 8.42 Å². The van der Waals surface area contributed by atoms with Crippen LogP contribution in [0.2, 0.25) is 5.02 Å². The van der Waals surface area contributed by atoms with Crippen molar-refractivity contribution in [3.05, 3.63) is 53.3 Å². The Kier molecular flexibility index (Phi) is 4.46. The average Bonchev–Trinajstić information content (AvgIpc) is 2.39. The van der Waals surface area contributed by atoms with Crippen molar-refractivity contribution in [2.24, 2.45) is 0 Å². The largest absolute Gasteiger partial charge is 0.379 e. The predicted molar refractivity (Wildman–Crippen MR) is 81.5 cm³/mol. The third-order valence-electron chi connectivity index (χ3n) is 2.46. The van der Waals surface area contributed by atoms with Crippen molar-refractivity contribution in [2.45, 2.75) is 6.54 Å². The molecule has 0 aliphatic heterocycles. The van der Waals surface area contributed by atoms with Crippen LogP contribution in [0.3, 0.4) is 0 Å². The van der Waals surface area contributed by atoms with E-state index in [2.05, 4.69) is 15.0 Å². The molecule has 0 radical (unpaired) electrons. The fourth-order valence-electron chi connectivity index (χ4n) is 1.60. The van der Waals surface area contributed by atoms with Gasteiger partial charge in [0.15, 0.2) is 0 Å². The molecule has 1 heterocycles. The highest BCUT2D eigenvalue weighted by atomic mass is 35.5. The second-order valence-electron chi connectivity index (χ2n) is 4.24. The summed E-state index contributed by atoms with van der Waals surface area (Å²) in [5.74, 6) is 0. The van der Waals surface area contributed by atoms with Crippen LogP contribution in [0.4, 0.5) is 11.4 Å². The number of nitrogens with zero attached hydrogens (tertiary/aromatic N) is 1. The molecular weight excluding hydrogens is 298 g/mol. The van der Waals surface area contributed by atoms with E-state index in [0.29, 0.717) is 17.3 Å². The number of sulfonamides is 1. The molecule has 0 unspecified atom stereocenters. The van der Waals surface area contributed by atoms with E-state index in [1.54, 1.807) is 24.4 Å². The maximum absolute atomic E-state index is 11.2. The van der Waals surface area contributed by atoms with Crippen LogP contribution in [0.15, 0.2) is 42.6 Å². The van der Waals surface area contributed by atoms with Crippen molar-refractivity contribution >= 4 is 33.0 Å². The van der Waals surface area contributed by atoms with Gasteiger partial charge < -0.3 is 5.32 Å². The zero-order chi connectivity index (χ0) is 14.6. The Hall–Kier alpha value is -1.79. The van der Waals surface area contributed by atoms with E-state index in [4.69, 9.17) is 11.6 Å². The van der Waals surface area contributed by atoms with Crippen LogP contribution in [0.25, 0.3) is 0 Å². The SMILES string of the molecule is CS(=O)(=O)Nc1ccc(NCc2ccccn2)cc1Cl. The summed E-state index contributed by atoms with van der Waals surface area (Å²) in [6.07, 6.45) is 2.81. The van der Waals surface area contributed by atoms with Crippen LogP contribution in [0, 0.1) is 0 Å². The Labute approximate surface area is 123 Å². The first-order valence-electron chi connectivity index (χ1n) is 5.85. The molecule has 0 fully saturated rings. The van der Waals surface area contributed by atoms with Gasteiger partial charge in [-0.1, -0.05) is 17.7 Å². The molecule has 20 heavy (non-hydrogen) atoms. The number of benzene rings is 1. The lowest BCUT2D eigenvalue weighted by molar-refractivity contribution is 0.607. The molecule has 0 saturated carbocycles. The topological polar surface area (TPSA) is 71.1 Å². The summed E-state index contributed by atoms with van der Waals surface area (Å²) in [4.78, 5) is 4.20. The minimum absolute atomic E-state index is 0.335. The minimum Gasteiger partial charge on any atom is -0.379 e. The van der Waals surface area contributed by atoms with Crippen molar-refractivity contribution in [3.63, 3.8) is 0 Å². The highest BCUT2D eigenvalue weighted by Crippen LogP contribution is 2.26. The van der Waals surface area contributed by atoms with Crippen LogP contribution in [0.1, 0.15) is 5.69 Å². The maximum atomic E-state index is 11.2. The molecule has 0 saturated heterocycles. The molecule has 106 valence electrons. The summed E-state index contributed by atoms with van der Waals surface area (Å²) in [7, 11) is -3.33. The van der Waals surface area contributed by atoms with Gasteiger partial charge in [0, 0.05) is 11.9 Å². The number of nitrogens with one attached hydrogen (secondary N) is 2. The Morgan fingerprint density at radius 1 is 1.25 bits per heavy atom. The average molecular weight is 312 g/mol. The number of halogens is 1. The molecule has 0 aliphatic carbocycles. The number of aromatic nitrogens is 1. The number of pyridine rings is 1. The third-order valence-corrected chi connectivity index (χ3v) is 3.37.